The summed E-state index contributed by atoms with van der Waals surface area (Å²) in [4.78, 5) is 16.7. The number of para-hydroxylation sites is 1. The van der Waals surface area contributed by atoms with Gasteiger partial charge in [-0.15, -0.1) is 10.2 Å². The molecule has 0 unspecified atom stereocenters. The maximum atomic E-state index is 12.5. The molecule has 0 saturated carbocycles. The highest BCUT2D eigenvalue weighted by Gasteiger charge is 2.22. The summed E-state index contributed by atoms with van der Waals surface area (Å²) in [6.45, 7) is 8.54. The molecule has 126 valence electrons. The molecule has 1 aromatic heterocycles. The fourth-order valence-corrected chi connectivity index (χ4v) is 2.79. The summed E-state index contributed by atoms with van der Waals surface area (Å²) in [6.07, 6.45) is 0. The number of piperazine rings is 1. The van der Waals surface area contributed by atoms with Crippen molar-refractivity contribution in [2.24, 2.45) is 0 Å². The van der Waals surface area contributed by atoms with Crippen LogP contribution in [0.2, 0.25) is 0 Å². The van der Waals surface area contributed by atoms with E-state index in [0.717, 1.165) is 44.0 Å². The molecular weight excluding hydrogens is 302 g/mol. The summed E-state index contributed by atoms with van der Waals surface area (Å²) in [5, 5.41) is 11.5. The lowest BCUT2D eigenvalue weighted by Crippen LogP contribution is -2.48. The molecule has 3 rings (SSSR count). The number of carbonyl (C=O) groups is 1. The zero-order valence-electron chi connectivity index (χ0n) is 14.2. The number of likely N-dealkylation sites (N-methyl/N-ethyl adjacent to an activating group) is 1. The number of benzene rings is 1. The molecule has 1 N–H and O–H groups in total. The molecule has 0 aliphatic carbocycles. The van der Waals surface area contributed by atoms with Gasteiger partial charge < -0.3 is 15.1 Å². The molecule has 2 heterocycles. The third-order valence-electron chi connectivity index (χ3n) is 4.40. The Morgan fingerprint density at radius 2 is 1.83 bits per heavy atom. The van der Waals surface area contributed by atoms with E-state index >= 15 is 0 Å². The van der Waals surface area contributed by atoms with Crippen LogP contribution in [-0.2, 0) is 0 Å². The first-order valence-electron chi connectivity index (χ1n) is 8.35. The second kappa shape index (κ2) is 7.40. The van der Waals surface area contributed by atoms with Crippen LogP contribution in [0.5, 0.6) is 0 Å². The van der Waals surface area contributed by atoms with Gasteiger partial charge >= 0.3 is 0 Å². The van der Waals surface area contributed by atoms with E-state index in [1.54, 1.807) is 12.1 Å². The van der Waals surface area contributed by atoms with Crippen molar-refractivity contribution in [3.63, 3.8) is 0 Å². The Kier molecular flexibility index (Phi) is 5.05. The SMILES string of the molecule is CCN1CCN(C(=O)c2ccc(Nc3ccccc3C)nn2)CC1. The first-order valence-corrected chi connectivity index (χ1v) is 8.35. The van der Waals surface area contributed by atoms with Gasteiger partial charge in [0.1, 0.15) is 0 Å². The predicted octanol–water partition coefficient (Wildman–Crippen LogP) is 2.31. The molecule has 1 aliphatic rings. The van der Waals surface area contributed by atoms with E-state index < -0.39 is 0 Å². The first kappa shape index (κ1) is 16.4. The van der Waals surface area contributed by atoms with Crippen LogP contribution >= 0.6 is 0 Å². The largest absolute Gasteiger partial charge is 0.339 e. The van der Waals surface area contributed by atoms with Crippen LogP contribution in [0.25, 0.3) is 0 Å². The van der Waals surface area contributed by atoms with Crippen molar-refractivity contribution in [3.8, 4) is 0 Å². The van der Waals surface area contributed by atoms with Crippen molar-refractivity contribution in [1.29, 1.82) is 0 Å². The van der Waals surface area contributed by atoms with E-state index in [-0.39, 0.29) is 5.91 Å². The van der Waals surface area contributed by atoms with Gasteiger partial charge in [0.15, 0.2) is 11.5 Å². The zero-order valence-corrected chi connectivity index (χ0v) is 14.2. The van der Waals surface area contributed by atoms with E-state index in [1.807, 2.05) is 36.1 Å². The van der Waals surface area contributed by atoms with E-state index in [1.165, 1.54) is 0 Å². The van der Waals surface area contributed by atoms with E-state index in [4.69, 9.17) is 0 Å². The molecule has 2 aromatic rings. The normalized spacial score (nSPS) is 15.3. The minimum atomic E-state index is -0.0410. The van der Waals surface area contributed by atoms with Gasteiger partial charge in [-0.25, -0.2) is 0 Å². The number of aromatic nitrogens is 2. The number of nitrogens with zero attached hydrogens (tertiary/aromatic N) is 4. The molecule has 1 amide bonds. The number of hydrogen-bond acceptors (Lipinski definition) is 5. The van der Waals surface area contributed by atoms with Crippen LogP contribution in [0.4, 0.5) is 11.5 Å². The fraction of sp³-hybridized carbons (Fsp3) is 0.389. The number of hydrogen-bond donors (Lipinski definition) is 1. The molecule has 0 radical (unpaired) electrons. The van der Waals surface area contributed by atoms with E-state index in [0.29, 0.717) is 11.5 Å². The van der Waals surface area contributed by atoms with Crippen LogP contribution in [0.15, 0.2) is 36.4 Å². The molecular formula is C18H23N5O. The summed E-state index contributed by atoms with van der Waals surface area (Å²) in [5.41, 5.74) is 2.52. The second-order valence-electron chi connectivity index (χ2n) is 5.97. The molecule has 6 heteroatoms. The lowest BCUT2D eigenvalue weighted by Gasteiger charge is -2.33. The van der Waals surface area contributed by atoms with Gasteiger partial charge in [-0.3, -0.25) is 4.79 Å². The van der Waals surface area contributed by atoms with Gasteiger partial charge in [-0.05, 0) is 37.2 Å². The molecule has 0 bridgehead atoms. The summed E-state index contributed by atoms with van der Waals surface area (Å²) >= 11 is 0. The number of aryl methyl sites for hydroxylation is 1. The van der Waals surface area contributed by atoms with Gasteiger partial charge in [0.25, 0.3) is 5.91 Å². The Bertz CT molecular complexity index is 693. The monoisotopic (exact) mass is 325 g/mol. The number of carbonyl (C=O) groups excluding carboxylic acids is 1. The molecule has 1 aromatic carbocycles. The third kappa shape index (κ3) is 3.71. The van der Waals surface area contributed by atoms with Crippen LogP contribution in [-0.4, -0.2) is 58.6 Å². The Morgan fingerprint density at radius 1 is 1.08 bits per heavy atom. The van der Waals surface area contributed by atoms with Gasteiger partial charge in [-0.1, -0.05) is 25.1 Å². The molecule has 1 aliphatic heterocycles. The van der Waals surface area contributed by atoms with Crippen molar-refractivity contribution in [2.75, 3.05) is 38.0 Å². The zero-order chi connectivity index (χ0) is 16.9. The maximum Gasteiger partial charge on any atom is 0.274 e. The third-order valence-corrected chi connectivity index (χ3v) is 4.40. The van der Waals surface area contributed by atoms with Gasteiger partial charge in [0.05, 0.1) is 0 Å². The molecule has 24 heavy (non-hydrogen) atoms. The Labute approximate surface area is 142 Å². The minimum Gasteiger partial charge on any atom is -0.339 e. The number of anilines is 2. The number of rotatable bonds is 4. The number of nitrogens with one attached hydrogen (secondary N) is 1. The summed E-state index contributed by atoms with van der Waals surface area (Å²) in [7, 11) is 0. The summed E-state index contributed by atoms with van der Waals surface area (Å²) in [5.74, 6) is 0.595. The lowest BCUT2D eigenvalue weighted by molar-refractivity contribution is 0.0636. The first-order chi connectivity index (χ1) is 11.7. The van der Waals surface area contributed by atoms with Crippen molar-refractivity contribution in [2.45, 2.75) is 13.8 Å². The van der Waals surface area contributed by atoms with E-state index in [9.17, 15) is 4.79 Å². The Balaban J connectivity index is 1.64. The van der Waals surface area contributed by atoms with Crippen molar-refractivity contribution in [1.82, 2.24) is 20.0 Å². The Hall–Kier alpha value is -2.47. The molecule has 1 fully saturated rings. The van der Waals surface area contributed by atoms with Crippen LogP contribution < -0.4 is 5.32 Å². The fourth-order valence-electron chi connectivity index (χ4n) is 2.79. The van der Waals surface area contributed by atoms with E-state index in [2.05, 4.69) is 27.3 Å². The smallest absolute Gasteiger partial charge is 0.274 e. The summed E-state index contributed by atoms with van der Waals surface area (Å²) < 4.78 is 0. The van der Waals surface area contributed by atoms with Crippen molar-refractivity contribution in [3.05, 3.63) is 47.7 Å². The van der Waals surface area contributed by atoms with Crippen molar-refractivity contribution < 1.29 is 4.79 Å². The topological polar surface area (TPSA) is 61.4 Å². The predicted molar refractivity (Wildman–Crippen MR) is 94.5 cm³/mol. The Morgan fingerprint density at radius 3 is 2.46 bits per heavy atom. The average Bonchev–Trinajstić information content (AvgIpc) is 2.64. The van der Waals surface area contributed by atoms with Crippen molar-refractivity contribution >= 4 is 17.4 Å². The summed E-state index contributed by atoms with van der Waals surface area (Å²) in [6, 6.07) is 11.5. The van der Waals surface area contributed by atoms with Gasteiger partial charge in [0.2, 0.25) is 0 Å². The highest BCUT2D eigenvalue weighted by atomic mass is 16.2. The minimum absolute atomic E-state index is 0.0410. The average molecular weight is 325 g/mol. The standard InChI is InChI=1S/C18H23N5O/c1-3-22-10-12-23(13-11-22)18(24)16-8-9-17(21-20-16)19-15-7-5-4-6-14(15)2/h4-9H,3,10-13H2,1-2H3,(H,19,21). The molecule has 1 saturated heterocycles. The molecule has 0 atom stereocenters. The van der Waals surface area contributed by atoms with Crippen LogP contribution in [0.3, 0.4) is 0 Å². The lowest BCUT2D eigenvalue weighted by atomic mass is 10.2. The van der Waals surface area contributed by atoms with Gasteiger partial charge in [0, 0.05) is 31.9 Å². The maximum absolute atomic E-state index is 12.5. The van der Waals surface area contributed by atoms with Gasteiger partial charge in [-0.2, -0.15) is 0 Å². The molecule has 6 nitrogen and oxygen atoms in total. The quantitative estimate of drug-likeness (QED) is 0.935. The number of amides is 1. The molecule has 0 spiro atoms. The van der Waals surface area contributed by atoms with Crippen LogP contribution in [0.1, 0.15) is 23.0 Å². The highest BCUT2D eigenvalue weighted by molar-refractivity contribution is 5.92. The second-order valence-corrected chi connectivity index (χ2v) is 5.97. The van der Waals surface area contributed by atoms with Crippen LogP contribution in [0, 0.1) is 6.92 Å². The highest BCUT2D eigenvalue weighted by Crippen LogP contribution is 2.18.